The third kappa shape index (κ3) is 9.14. The second-order valence-corrected chi connectivity index (χ2v) is 8.84. The van der Waals surface area contributed by atoms with Gasteiger partial charge in [-0.05, 0) is 32.1 Å². The molecule has 3 aliphatic rings. The molecule has 0 bridgehead atoms. The summed E-state index contributed by atoms with van der Waals surface area (Å²) in [6.07, 6.45) is 10.1. The molecule has 8 heteroatoms. The standard InChI is InChI=1S/C22H42N4O3.HI/c1-23-21(24-10-5-13-29-20-6-14-27-15-7-20)25-18-22(8-3-2-4-9-22)19-26-11-16-28-17-12-26;/h20H,2-19H2,1H3,(H2,23,24,25);1H. The molecule has 30 heavy (non-hydrogen) atoms. The molecule has 2 heterocycles. The van der Waals surface area contributed by atoms with Crippen LogP contribution < -0.4 is 10.6 Å². The minimum absolute atomic E-state index is 0. The molecule has 7 nitrogen and oxygen atoms in total. The maximum absolute atomic E-state index is 5.96. The van der Waals surface area contributed by atoms with Crippen LogP contribution >= 0.6 is 24.0 Å². The van der Waals surface area contributed by atoms with Crippen molar-refractivity contribution in [2.24, 2.45) is 10.4 Å². The van der Waals surface area contributed by atoms with Crippen molar-refractivity contribution in [2.75, 3.05) is 72.8 Å². The molecule has 2 N–H and O–H groups in total. The van der Waals surface area contributed by atoms with E-state index in [9.17, 15) is 0 Å². The summed E-state index contributed by atoms with van der Waals surface area (Å²) in [6.45, 7) is 9.45. The maximum atomic E-state index is 5.96. The molecular formula is C22H43IN4O3. The first kappa shape index (κ1) is 26.1. The van der Waals surface area contributed by atoms with Crippen LogP contribution in [0.5, 0.6) is 0 Å². The van der Waals surface area contributed by atoms with Gasteiger partial charge in [0.1, 0.15) is 0 Å². The Morgan fingerprint density at radius 3 is 2.43 bits per heavy atom. The van der Waals surface area contributed by atoms with Crippen molar-refractivity contribution in [3.05, 3.63) is 0 Å². The normalized spacial score (nSPS) is 23.6. The van der Waals surface area contributed by atoms with Crippen molar-refractivity contribution < 1.29 is 14.2 Å². The number of guanidine groups is 1. The van der Waals surface area contributed by atoms with Crippen molar-refractivity contribution >= 4 is 29.9 Å². The number of hydrogen-bond acceptors (Lipinski definition) is 5. The van der Waals surface area contributed by atoms with E-state index in [2.05, 4.69) is 20.5 Å². The van der Waals surface area contributed by atoms with Crippen LogP contribution in [0.3, 0.4) is 0 Å². The highest BCUT2D eigenvalue weighted by Gasteiger charge is 2.34. The molecular weight excluding hydrogens is 495 g/mol. The Kier molecular flexibility index (Phi) is 12.9. The highest BCUT2D eigenvalue weighted by atomic mass is 127. The lowest BCUT2D eigenvalue weighted by Crippen LogP contribution is -2.51. The van der Waals surface area contributed by atoms with E-state index in [1.807, 2.05) is 7.05 Å². The zero-order valence-corrected chi connectivity index (χ0v) is 21.2. The molecule has 3 fully saturated rings. The van der Waals surface area contributed by atoms with Gasteiger partial charge in [0, 0.05) is 65.0 Å². The molecule has 0 aromatic heterocycles. The van der Waals surface area contributed by atoms with Gasteiger partial charge < -0.3 is 24.8 Å². The average Bonchev–Trinajstić information content (AvgIpc) is 2.78. The highest BCUT2D eigenvalue weighted by molar-refractivity contribution is 14.0. The third-order valence-electron chi connectivity index (χ3n) is 6.57. The lowest BCUT2D eigenvalue weighted by Gasteiger charge is -2.42. The Morgan fingerprint density at radius 2 is 1.73 bits per heavy atom. The SMILES string of the molecule is CN=C(NCCCOC1CCOCC1)NCC1(CN2CCOCC2)CCCCC1.I. The van der Waals surface area contributed by atoms with Gasteiger partial charge in [-0.1, -0.05) is 19.3 Å². The summed E-state index contributed by atoms with van der Waals surface area (Å²) in [7, 11) is 1.86. The van der Waals surface area contributed by atoms with E-state index >= 15 is 0 Å². The quantitative estimate of drug-likeness (QED) is 0.204. The first-order chi connectivity index (χ1) is 14.3. The monoisotopic (exact) mass is 538 g/mol. The molecule has 0 radical (unpaired) electrons. The molecule has 1 saturated carbocycles. The number of ether oxygens (including phenoxy) is 3. The van der Waals surface area contributed by atoms with Crippen molar-refractivity contribution in [3.63, 3.8) is 0 Å². The van der Waals surface area contributed by atoms with Crippen LogP contribution in [0, 0.1) is 5.41 Å². The van der Waals surface area contributed by atoms with Crippen LogP contribution in [0.2, 0.25) is 0 Å². The predicted molar refractivity (Wildman–Crippen MR) is 132 cm³/mol. The predicted octanol–water partition coefficient (Wildman–Crippen LogP) is 2.64. The van der Waals surface area contributed by atoms with E-state index in [1.54, 1.807) is 0 Å². The lowest BCUT2D eigenvalue weighted by molar-refractivity contribution is -0.0320. The summed E-state index contributed by atoms with van der Waals surface area (Å²) in [4.78, 5) is 7.04. The van der Waals surface area contributed by atoms with Gasteiger partial charge in [-0.2, -0.15) is 0 Å². The second kappa shape index (κ2) is 14.8. The number of halogens is 1. The van der Waals surface area contributed by atoms with Gasteiger partial charge in [-0.25, -0.2) is 0 Å². The van der Waals surface area contributed by atoms with E-state index in [1.165, 1.54) is 38.6 Å². The number of nitrogens with zero attached hydrogens (tertiary/aromatic N) is 2. The van der Waals surface area contributed by atoms with Gasteiger partial charge in [0.2, 0.25) is 0 Å². The maximum Gasteiger partial charge on any atom is 0.190 e. The first-order valence-corrected chi connectivity index (χ1v) is 11.7. The Bertz CT molecular complexity index is 477. The Morgan fingerprint density at radius 1 is 1.03 bits per heavy atom. The van der Waals surface area contributed by atoms with Crippen LogP contribution in [0.1, 0.15) is 51.4 Å². The summed E-state index contributed by atoms with van der Waals surface area (Å²) in [6, 6.07) is 0. The molecule has 0 unspecified atom stereocenters. The summed E-state index contributed by atoms with van der Waals surface area (Å²) in [5, 5.41) is 7.10. The van der Waals surface area contributed by atoms with Crippen molar-refractivity contribution in [1.82, 2.24) is 15.5 Å². The van der Waals surface area contributed by atoms with Crippen LogP contribution in [-0.4, -0.2) is 89.8 Å². The lowest BCUT2D eigenvalue weighted by atomic mass is 9.73. The Hall–Kier alpha value is -0.160. The zero-order chi connectivity index (χ0) is 20.2. The number of aliphatic imine (C=N–C) groups is 1. The number of nitrogens with one attached hydrogen (secondary N) is 2. The minimum atomic E-state index is 0. The second-order valence-electron chi connectivity index (χ2n) is 8.84. The van der Waals surface area contributed by atoms with Crippen LogP contribution in [-0.2, 0) is 14.2 Å². The first-order valence-electron chi connectivity index (χ1n) is 11.7. The van der Waals surface area contributed by atoms with Gasteiger partial charge >= 0.3 is 0 Å². The Labute approximate surface area is 200 Å². The van der Waals surface area contributed by atoms with Crippen LogP contribution in [0.15, 0.2) is 4.99 Å². The third-order valence-corrected chi connectivity index (χ3v) is 6.57. The van der Waals surface area contributed by atoms with E-state index in [0.29, 0.717) is 11.5 Å². The number of rotatable bonds is 9. The molecule has 1 aliphatic carbocycles. The smallest absolute Gasteiger partial charge is 0.190 e. The van der Waals surface area contributed by atoms with E-state index in [4.69, 9.17) is 14.2 Å². The fraction of sp³-hybridized carbons (Fsp3) is 0.955. The van der Waals surface area contributed by atoms with Gasteiger partial charge in [0.15, 0.2) is 5.96 Å². The number of hydrogen-bond donors (Lipinski definition) is 2. The average molecular weight is 539 g/mol. The largest absolute Gasteiger partial charge is 0.381 e. The molecule has 0 aromatic rings. The molecule has 2 saturated heterocycles. The summed E-state index contributed by atoms with van der Waals surface area (Å²) < 4.78 is 16.9. The molecule has 3 rings (SSSR count). The Balaban J connectivity index is 0.00000320. The zero-order valence-electron chi connectivity index (χ0n) is 18.8. The van der Waals surface area contributed by atoms with E-state index < -0.39 is 0 Å². The molecule has 2 aliphatic heterocycles. The van der Waals surface area contributed by atoms with Crippen molar-refractivity contribution in [1.29, 1.82) is 0 Å². The number of morpholine rings is 1. The fourth-order valence-electron chi connectivity index (χ4n) is 4.79. The van der Waals surface area contributed by atoms with E-state index in [0.717, 1.165) is 84.4 Å². The molecule has 0 amide bonds. The van der Waals surface area contributed by atoms with Crippen LogP contribution in [0.25, 0.3) is 0 Å². The van der Waals surface area contributed by atoms with Gasteiger partial charge in [0.25, 0.3) is 0 Å². The van der Waals surface area contributed by atoms with Gasteiger partial charge in [-0.3, -0.25) is 9.89 Å². The van der Waals surface area contributed by atoms with Gasteiger partial charge in [-0.15, -0.1) is 24.0 Å². The summed E-state index contributed by atoms with van der Waals surface area (Å²) >= 11 is 0. The summed E-state index contributed by atoms with van der Waals surface area (Å²) in [5.41, 5.74) is 0.360. The van der Waals surface area contributed by atoms with Crippen molar-refractivity contribution in [2.45, 2.75) is 57.5 Å². The van der Waals surface area contributed by atoms with Gasteiger partial charge in [0.05, 0.1) is 19.3 Å². The molecule has 0 aromatic carbocycles. The van der Waals surface area contributed by atoms with Crippen molar-refractivity contribution in [3.8, 4) is 0 Å². The topological polar surface area (TPSA) is 67.4 Å². The molecule has 0 spiro atoms. The van der Waals surface area contributed by atoms with E-state index in [-0.39, 0.29) is 24.0 Å². The highest BCUT2D eigenvalue weighted by Crippen LogP contribution is 2.36. The fourth-order valence-corrected chi connectivity index (χ4v) is 4.79. The van der Waals surface area contributed by atoms with Crippen LogP contribution in [0.4, 0.5) is 0 Å². The minimum Gasteiger partial charge on any atom is -0.381 e. The molecule has 0 atom stereocenters. The molecule has 176 valence electrons. The summed E-state index contributed by atoms with van der Waals surface area (Å²) in [5.74, 6) is 0.919.